The average Bonchev–Trinajstić information content (AvgIpc) is 2.59. The van der Waals surface area contributed by atoms with Crippen molar-refractivity contribution < 1.29 is 4.74 Å². The van der Waals surface area contributed by atoms with Crippen LogP contribution in [0.15, 0.2) is 48.5 Å². The highest BCUT2D eigenvalue weighted by atomic mass is 80.0. The summed E-state index contributed by atoms with van der Waals surface area (Å²) in [5.41, 5.74) is 3.75. The van der Waals surface area contributed by atoms with Crippen molar-refractivity contribution in [1.29, 1.82) is 0 Å². The Labute approximate surface area is 176 Å². The van der Waals surface area contributed by atoms with Crippen molar-refractivity contribution in [2.24, 2.45) is 0 Å². The Morgan fingerprint density at radius 2 is 1.64 bits per heavy atom. The van der Waals surface area contributed by atoms with Crippen LogP contribution in [0.1, 0.15) is 38.2 Å². The van der Waals surface area contributed by atoms with E-state index in [4.69, 9.17) is 4.74 Å². The lowest BCUT2D eigenvalue weighted by atomic mass is 9.98. The molecule has 5 heteroatoms. The second-order valence-electron chi connectivity index (χ2n) is 6.18. The van der Waals surface area contributed by atoms with Gasteiger partial charge >= 0.3 is 0 Å². The highest BCUT2D eigenvalue weighted by Crippen LogP contribution is 2.36. The van der Waals surface area contributed by atoms with Gasteiger partial charge in [0.1, 0.15) is 5.75 Å². The summed E-state index contributed by atoms with van der Waals surface area (Å²) in [6, 6.07) is 18.2. The van der Waals surface area contributed by atoms with E-state index in [0.29, 0.717) is 0 Å². The predicted molar refractivity (Wildman–Crippen MR) is 123 cm³/mol. The SMILES string of the molecule is CCCCCc1cccc(-c2ccccc2)c1OCCC[Si](Br)(Br)Br. The molecule has 0 aliphatic rings. The minimum absolute atomic E-state index is 0.738. The second kappa shape index (κ2) is 10.9. The third-order valence-electron chi connectivity index (χ3n) is 4.08. The lowest BCUT2D eigenvalue weighted by Crippen LogP contribution is -2.09. The van der Waals surface area contributed by atoms with Gasteiger partial charge in [-0.15, -0.1) is 0 Å². The molecule has 2 aromatic rings. The van der Waals surface area contributed by atoms with Crippen molar-refractivity contribution in [2.75, 3.05) is 6.61 Å². The fraction of sp³-hybridized carbons (Fsp3) is 0.400. The molecule has 25 heavy (non-hydrogen) atoms. The number of aryl methyl sites for hydroxylation is 1. The molecule has 0 heterocycles. The first-order valence-electron chi connectivity index (χ1n) is 8.88. The molecule has 0 saturated carbocycles. The summed E-state index contributed by atoms with van der Waals surface area (Å²) in [6.07, 6.45) is 5.82. The molecule has 0 spiro atoms. The maximum atomic E-state index is 6.31. The summed E-state index contributed by atoms with van der Waals surface area (Å²) in [5, 5.41) is 0. The van der Waals surface area contributed by atoms with Crippen LogP contribution in [0.4, 0.5) is 0 Å². The van der Waals surface area contributed by atoms with Gasteiger partial charge in [0.15, 0.2) is 0 Å². The van der Waals surface area contributed by atoms with Crippen LogP contribution in [0.25, 0.3) is 11.1 Å². The molecular formula is C20H25Br3OSi. The van der Waals surface area contributed by atoms with E-state index >= 15 is 0 Å². The van der Waals surface area contributed by atoms with Crippen LogP contribution >= 0.6 is 45.9 Å². The van der Waals surface area contributed by atoms with Gasteiger partial charge in [-0.2, -0.15) is 0 Å². The monoisotopic (exact) mass is 546 g/mol. The third-order valence-corrected chi connectivity index (χ3v) is 8.57. The molecule has 0 aromatic heterocycles. The number of ether oxygens (including phenoxy) is 1. The smallest absolute Gasteiger partial charge is 0.267 e. The summed E-state index contributed by atoms with van der Waals surface area (Å²) in [7, 11) is 0. The number of hydrogen-bond donors (Lipinski definition) is 0. The lowest BCUT2D eigenvalue weighted by Gasteiger charge is -2.17. The van der Waals surface area contributed by atoms with Gasteiger partial charge in [0, 0.05) is 5.56 Å². The van der Waals surface area contributed by atoms with E-state index in [9.17, 15) is 0 Å². The Bertz CT molecular complexity index is 641. The first-order valence-corrected chi connectivity index (χ1v) is 17.9. The number of para-hydroxylation sites is 1. The van der Waals surface area contributed by atoms with Gasteiger partial charge in [-0.05, 0) is 36.4 Å². The van der Waals surface area contributed by atoms with Gasteiger partial charge in [0.05, 0.1) is 6.61 Å². The zero-order valence-corrected chi connectivity index (χ0v) is 20.4. The molecule has 0 aliphatic carbocycles. The Hall–Kier alpha value is -0.103. The van der Waals surface area contributed by atoms with Crippen molar-refractivity contribution in [3.63, 3.8) is 0 Å². The van der Waals surface area contributed by atoms with Crippen molar-refractivity contribution in [1.82, 2.24) is 0 Å². The molecule has 0 atom stereocenters. The summed E-state index contributed by atoms with van der Waals surface area (Å²) in [4.78, 5) is 0. The number of rotatable bonds is 10. The Morgan fingerprint density at radius 1 is 0.880 bits per heavy atom. The molecule has 0 radical (unpaired) electrons. The molecule has 2 rings (SSSR count). The molecule has 0 amide bonds. The molecule has 1 nitrogen and oxygen atoms in total. The van der Waals surface area contributed by atoms with E-state index in [-0.39, 0.29) is 0 Å². The van der Waals surface area contributed by atoms with Crippen LogP contribution in [-0.2, 0) is 6.42 Å². The van der Waals surface area contributed by atoms with Crippen LogP contribution in [0.5, 0.6) is 5.75 Å². The second-order valence-corrected chi connectivity index (χ2v) is 29.7. The lowest BCUT2D eigenvalue weighted by molar-refractivity contribution is 0.315. The quantitative estimate of drug-likeness (QED) is 0.166. The van der Waals surface area contributed by atoms with E-state index < -0.39 is 3.93 Å². The van der Waals surface area contributed by atoms with Crippen molar-refractivity contribution in [2.45, 2.75) is 45.1 Å². The Balaban J connectivity index is 2.18. The number of halogens is 3. The van der Waals surface area contributed by atoms with E-state index in [0.717, 1.165) is 31.2 Å². The average molecular weight is 549 g/mol. The molecule has 0 N–H and O–H groups in total. The fourth-order valence-corrected chi connectivity index (χ4v) is 5.88. The maximum absolute atomic E-state index is 6.31. The highest BCUT2D eigenvalue weighted by Gasteiger charge is 2.21. The fourth-order valence-electron chi connectivity index (χ4n) is 2.81. The highest BCUT2D eigenvalue weighted by molar-refractivity contribution is 9.72. The molecule has 136 valence electrons. The van der Waals surface area contributed by atoms with E-state index in [1.807, 2.05) is 0 Å². The standard InChI is InChI=1S/C20H25Br3OSi/c1-2-3-5-12-18-13-8-14-19(17-10-6-4-7-11-17)20(18)24-15-9-16-25(21,22)23/h4,6-8,10-11,13-14H,2-3,5,9,12,15-16H2,1H3. The number of hydrogen-bond acceptors (Lipinski definition) is 1. The van der Waals surface area contributed by atoms with Crippen LogP contribution < -0.4 is 4.74 Å². The molecule has 0 bridgehead atoms. The summed E-state index contributed by atoms with van der Waals surface area (Å²) in [6.45, 7) is 2.98. The van der Waals surface area contributed by atoms with E-state index in [2.05, 4.69) is 101 Å². The Kier molecular flexibility index (Phi) is 9.25. The summed E-state index contributed by atoms with van der Waals surface area (Å²) in [5.74, 6) is 1.07. The molecular weight excluding hydrogens is 524 g/mol. The van der Waals surface area contributed by atoms with Crippen LogP contribution in [0, 0.1) is 0 Å². The Morgan fingerprint density at radius 3 is 2.32 bits per heavy atom. The van der Waals surface area contributed by atoms with Gasteiger partial charge in [-0.3, -0.25) is 0 Å². The maximum Gasteiger partial charge on any atom is 0.267 e. The normalized spacial score (nSPS) is 11.5. The number of unbranched alkanes of at least 4 members (excludes halogenated alkanes) is 2. The first kappa shape index (κ1) is 21.2. The van der Waals surface area contributed by atoms with Gasteiger partial charge in [-0.25, -0.2) is 0 Å². The summed E-state index contributed by atoms with van der Waals surface area (Å²) >= 11 is 11.1. The molecule has 2 aromatic carbocycles. The van der Waals surface area contributed by atoms with Gasteiger partial charge in [0.25, 0.3) is 3.93 Å². The molecule has 0 unspecified atom stereocenters. The van der Waals surface area contributed by atoms with Gasteiger partial charge in [-0.1, -0.05) is 114 Å². The molecule has 0 aliphatic heterocycles. The van der Waals surface area contributed by atoms with Crippen LogP contribution in [0.2, 0.25) is 6.04 Å². The van der Waals surface area contributed by atoms with E-state index in [1.165, 1.54) is 36.0 Å². The largest absolute Gasteiger partial charge is 0.493 e. The zero-order valence-electron chi connectivity index (χ0n) is 14.6. The minimum Gasteiger partial charge on any atom is -0.493 e. The molecule has 0 saturated heterocycles. The van der Waals surface area contributed by atoms with Crippen LogP contribution in [0.3, 0.4) is 0 Å². The van der Waals surface area contributed by atoms with E-state index in [1.54, 1.807) is 0 Å². The summed E-state index contributed by atoms with van der Waals surface area (Å²) < 4.78 is 4.75. The van der Waals surface area contributed by atoms with Crippen molar-refractivity contribution in [3.05, 3.63) is 54.1 Å². The van der Waals surface area contributed by atoms with Crippen LogP contribution in [-0.4, -0.2) is 10.5 Å². The zero-order chi connectivity index (χ0) is 18.1. The van der Waals surface area contributed by atoms with Gasteiger partial charge in [0.2, 0.25) is 0 Å². The minimum atomic E-state index is -1.55. The molecule has 0 fully saturated rings. The predicted octanol–water partition coefficient (Wildman–Crippen LogP) is 7.98. The third kappa shape index (κ3) is 7.57. The van der Waals surface area contributed by atoms with Gasteiger partial charge < -0.3 is 4.74 Å². The first-order chi connectivity index (χ1) is 12.0. The van der Waals surface area contributed by atoms with Crippen molar-refractivity contribution in [3.8, 4) is 16.9 Å². The number of benzene rings is 2. The topological polar surface area (TPSA) is 9.23 Å². The van der Waals surface area contributed by atoms with Crippen molar-refractivity contribution >= 4 is 49.8 Å².